The van der Waals surface area contributed by atoms with Crippen LogP contribution in [0.3, 0.4) is 0 Å². The zero-order chi connectivity index (χ0) is 12.5. The molecule has 4 heteroatoms. The summed E-state index contributed by atoms with van der Waals surface area (Å²) in [6.07, 6.45) is 1.86. The van der Waals surface area contributed by atoms with E-state index in [-0.39, 0.29) is 5.41 Å². The van der Waals surface area contributed by atoms with E-state index in [4.69, 9.17) is 4.42 Å². The summed E-state index contributed by atoms with van der Waals surface area (Å²) in [5.74, 6) is 1.81. The molecule has 0 spiro atoms. The third-order valence-electron chi connectivity index (χ3n) is 3.10. The van der Waals surface area contributed by atoms with Crippen LogP contribution in [0.15, 0.2) is 10.6 Å². The second kappa shape index (κ2) is 4.78. The van der Waals surface area contributed by atoms with E-state index >= 15 is 0 Å². The molecule has 1 unspecified atom stereocenters. The third-order valence-corrected chi connectivity index (χ3v) is 3.10. The normalized spacial score (nSPS) is 22.9. The quantitative estimate of drug-likeness (QED) is 0.851. The van der Waals surface area contributed by atoms with Gasteiger partial charge in [0.15, 0.2) is 0 Å². The van der Waals surface area contributed by atoms with Crippen molar-refractivity contribution in [3.63, 3.8) is 0 Å². The number of piperazine rings is 1. The SMILES string of the molecule is CC1CN(Cc2ncc(C(C)(C)C)o2)CCN1. The Morgan fingerprint density at radius 2 is 2.29 bits per heavy atom. The van der Waals surface area contributed by atoms with Gasteiger partial charge in [-0.25, -0.2) is 4.98 Å². The average molecular weight is 237 g/mol. The molecular formula is C13H23N3O. The molecule has 0 saturated carbocycles. The molecule has 2 rings (SSSR count). The van der Waals surface area contributed by atoms with E-state index in [2.05, 4.69) is 42.9 Å². The van der Waals surface area contributed by atoms with Crippen molar-refractivity contribution in [3.8, 4) is 0 Å². The van der Waals surface area contributed by atoms with Crippen molar-refractivity contribution in [2.24, 2.45) is 0 Å². The van der Waals surface area contributed by atoms with Crippen molar-refractivity contribution >= 4 is 0 Å². The smallest absolute Gasteiger partial charge is 0.208 e. The summed E-state index contributed by atoms with van der Waals surface area (Å²) in [5.41, 5.74) is 0.0436. The van der Waals surface area contributed by atoms with Crippen LogP contribution in [0.4, 0.5) is 0 Å². The van der Waals surface area contributed by atoms with Crippen LogP contribution >= 0.6 is 0 Å². The van der Waals surface area contributed by atoms with Gasteiger partial charge in [-0.3, -0.25) is 4.90 Å². The number of rotatable bonds is 2. The maximum atomic E-state index is 5.81. The van der Waals surface area contributed by atoms with Gasteiger partial charge in [0.05, 0.1) is 12.7 Å². The van der Waals surface area contributed by atoms with E-state index in [9.17, 15) is 0 Å². The summed E-state index contributed by atoms with van der Waals surface area (Å²) >= 11 is 0. The van der Waals surface area contributed by atoms with E-state index in [1.807, 2.05) is 6.20 Å². The minimum atomic E-state index is 0.0436. The van der Waals surface area contributed by atoms with Gasteiger partial charge in [-0.2, -0.15) is 0 Å². The molecule has 1 aromatic rings. The van der Waals surface area contributed by atoms with Gasteiger partial charge in [-0.1, -0.05) is 20.8 Å². The van der Waals surface area contributed by atoms with Crippen LogP contribution in [0, 0.1) is 0 Å². The lowest BCUT2D eigenvalue weighted by atomic mass is 9.94. The van der Waals surface area contributed by atoms with Crippen LogP contribution < -0.4 is 5.32 Å². The Hall–Kier alpha value is -0.870. The van der Waals surface area contributed by atoms with Crippen molar-refractivity contribution in [3.05, 3.63) is 17.8 Å². The first-order chi connectivity index (χ1) is 7.95. The molecule has 4 nitrogen and oxygen atoms in total. The highest BCUT2D eigenvalue weighted by Gasteiger charge is 2.21. The van der Waals surface area contributed by atoms with Crippen LogP contribution in [-0.4, -0.2) is 35.6 Å². The highest BCUT2D eigenvalue weighted by Crippen LogP contribution is 2.23. The fraction of sp³-hybridized carbons (Fsp3) is 0.769. The molecule has 0 amide bonds. The predicted molar refractivity (Wildman–Crippen MR) is 67.9 cm³/mol. The highest BCUT2D eigenvalue weighted by molar-refractivity contribution is 5.06. The Balaban J connectivity index is 1.97. The summed E-state index contributed by atoms with van der Waals surface area (Å²) in [6.45, 7) is 12.6. The van der Waals surface area contributed by atoms with Crippen molar-refractivity contribution in [2.45, 2.75) is 45.7 Å². The standard InChI is InChI=1S/C13H23N3O/c1-10-8-16(6-5-14-10)9-12-15-7-11(17-12)13(2,3)4/h7,10,14H,5-6,8-9H2,1-4H3. The topological polar surface area (TPSA) is 41.3 Å². The molecule has 17 heavy (non-hydrogen) atoms. The van der Waals surface area contributed by atoms with E-state index in [1.165, 1.54) is 0 Å². The van der Waals surface area contributed by atoms with Crippen LogP contribution in [0.2, 0.25) is 0 Å². The molecule has 0 aliphatic carbocycles. The Morgan fingerprint density at radius 1 is 1.53 bits per heavy atom. The monoisotopic (exact) mass is 237 g/mol. The highest BCUT2D eigenvalue weighted by atomic mass is 16.4. The lowest BCUT2D eigenvalue weighted by Gasteiger charge is -2.30. The van der Waals surface area contributed by atoms with Crippen molar-refractivity contribution in [1.29, 1.82) is 0 Å². The molecule has 1 atom stereocenters. The van der Waals surface area contributed by atoms with Crippen LogP contribution in [0.25, 0.3) is 0 Å². The summed E-state index contributed by atoms with van der Waals surface area (Å²) in [4.78, 5) is 6.76. The van der Waals surface area contributed by atoms with Gasteiger partial charge in [0.1, 0.15) is 5.76 Å². The van der Waals surface area contributed by atoms with Gasteiger partial charge in [0.25, 0.3) is 0 Å². The molecule has 1 aliphatic heterocycles. The molecule has 1 aromatic heterocycles. The fourth-order valence-corrected chi connectivity index (χ4v) is 2.08. The minimum absolute atomic E-state index is 0.0436. The second-order valence-corrected chi connectivity index (χ2v) is 5.96. The van der Waals surface area contributed by atoms with Gasteiger partial charge < -0.3 is 9.73 Å². The number of nitrogens with zero attached hydrogens (tertiary/aromatic N) is 2. The Morgan fingerprint density at radius 3 is 2.88 bits per heavy atom. The number of hydrogen-bond donors (Lipinski definition) is 1. The first kappa shape index (κ1) is 12.6. The largest absolute Gasteiger partial charge is 0.444 e. The first-order valence-corrected chi connectivity index (χ1v) is 6.36. The van der Waals surface area contributed by atoms with Gasteiger partial charge in [0.2, 0.25) is 5.89 Å². The minimum Gasteiger partial charge on any atom is -0.444 e. The molecule has 1 N–H and O–H groups in total. The fourth-order valence-electron chi connectivity index (χ4n) is 2.08. The van der Waals surface area contributed by atoms with Gasteiger partial charge in [-0.05, 0) is 6.92 Å². The average Bonchev–Trinajstić information content (AvgIpc) is 2.65. The Labute approximate surface area is 103 Å². The predicted octanol–water partition coefficient (Wildman–Crippen LogP) is 1.77. The maximum Gasteiger partial charge on any atom is 0.208 e. The molecule has 96 valence electrons. The molecule has 1 fully saturated rings. The number of nitrogens with one attached hydrogen (secondary N) is 1. The van der Waals surface area contributed by atoms with Crippen molar-refractivity contribution in [2.75, 3.05) is 19.6 Å². The molecule has 0 aromatic carbocycles. The second-order valence-electron chi connectivity index (χ2n) is 5.96. The number of hydrogen-bond acceptors (Lipinski definition) is 4. The molecule has 0 radical (unpaired) electrons. The Bertz CT molecular complexity index is 367. The van der Waals surface area contributed by atoms with Crippen LogP contribution in [-0.2, 0) is 12.0 Å². The van der Waals surface area contributed by atoms with Gasteiger partial charge in [0, 0.05) is 31.1 Å². The number of oxazole rings is 1. The lowest BCUT2D eigenvalue weighted by molar-refractivity contribution is 0.180. The van der Waals surface area contributed by atoms with E-state index in [0.717, 1.165) is 37.8 Å². The molecule has 1 saturated heterocycles. The van der Waals surface area contributed by atoms with Gasteiger partial charge >= 0.3 is 0 Å². The van der Waals surface area contributed by atoms with E-state index in [1.54, 1.807) is 0 Å². The van der Waals surface area contributed by atoms with Gasteiger partial charge in [-0.15, -0.1) is 0 Å². The zero-order valence-corrected chi connectivity index (χ0v) is 11.3. The van der Waals surface area contributed by atoms with Crippen molar-refractivity contribution < 1.29 is 4.42 Å². The number of aromatic nitrogens is 1. The van der Waals surface area contributed by atoms with Crippen LogP contribution in [0.5, 0.6) is 0 Å². The van der Waals surface area contributed by atoms with E-state index < -0.39 is 0 Å². The molecule has 0 bridgehead atoms. The van der Waals surface area contributed by atoms with Crippen LogP contribution in [0.1, 0.15) is 39.3 Å². The summed E-state index contributed by atoms with van der Waals surface area (Å²) in [6, 6.07) is 0.556. The first-order valence-electron chi connectivity index (χ1n) is 6.36. The molecule has 2 heterocycles. The third kappa shape index (κ3) is 3.30. The zero-order valence-electron chi connectivity index (χ0n) is 11.3. The molecular weight excluding hydrogens is 214 g/mol. The maximum absolute atomic E-state index is 5.81. The summed E-state index contributed by atoms with van der Waals surface area (Å²) in [7, 11) is 0. The van der Waals surface area contributed by atoms with Crippen molar-refractivity contribution in [1.82, 2.24) is 15.2 Å². The summed E-state index contributed by atoms with van der Waals surface area (Å²) in [5, 5.41) is 3.43. The molecule has 1 aliphatic rings. The lowest BCUT2D eigenvalue weighted by Crippen LogP contribution is -2.48. The Kier molecular flexibility index (Phi) is 3.54. The van der Waals surface area contributed by atoms with E-state index in [0.29, 0.717) is 6.04 Å². The summed E-state index contributed by atoms with van der Waals surface area (Å²) < 4.78 is 5.81.